The fourth-order valence-electron chi connectivity index (χ4n) is 7.01. The number of esters is 2. The van der Waals surface area contributed by atoms with Gasteiger partial charge < -0.3 is 29.5 Å². The summed E-state index contributed by atoms with van der Waals surface area (Å²) in [6, 6.07) is 1.54. The minimum atomic E-state index is -1.15. The van der Waals surface area contributed by atoms with Crippen molar-refractivity contribution < 1.29 is 53.5 Å². The summed E-state index contributed by atoms with van der Waals surface area (Å²) < 4.78 is 18.0. The van der Waals surface area contributed by atoms with E-state index in [2.05, 4.69) is 27.8 Å². The number of carbonyl (C=O) groups excluding carboxylic acids is 3. The molecular formula is C44H43BrO11. The number of rotatable bonds is 10. The van der Waals surface area contributed by atoms with E-state index in [1.165, 1.54) is 12.1 Å². The summed E-state index contributed by atoms with van der Waals surface area (Å²) in [6.07, 6.45) is 4.47. The van der Waals surface area contributed by atoms with Crippen molar-refractivity contribution in [3.05, 3.63) is 106 Å². The molecule has 1 atom stereocenters. The zero-order valence-electron chi connectivity index (χ0n) is 32.7. The number of aliphatic carboxylic acids is 1. The number of benzene rings is 3. The topological polar surface area (TPSA) is 174 Å². The SMILES string of the molecule is CC1=CC(=O)C=C(OCCc2c(C)c(C)c(C(=O)Oc3cc(C)c(C(=O)Oc4c(C)c(C)c(C(=O)O)c(C)c4C)c(C)c3C#CC3CC3)c(O)c2Br)C1C(=O)O. The van der Waals surface area contributed by atoms with Crippen LogP contribution in [0.5, 0.6) is 17.2 Å². The second-order valence-corrected chi connectivity index (χ2v) is 15.2. The van der Waals surface area contributed by atoms with Crippen LogP contribution in [0.1, 0.15) is 106 Å². The molecule has 0 amide bonds. The maximum atomic E-state index is 13.9. The first-order valence-electron chi connectivity index (χ1n) is 18.0. The van der Waals surface area contributed by atoms with Crippen molar-refractivity contribution in [2.45, 2.75) is 81.6 Å². The molecule has 2 aliphatic rings. The molecule has 56 heavy (non-hydrogen) atoms. The normalized spacial score (nSPS) is 15.0. The van der Waals surface area contributed by atoms with Gasteiger partial charge in [-0.3, -0.25) is 9.59 Å². The van der Waals surface area contributed by atoms with Crippen LogP contribution in [0.3, 0.4) is 0 Å². The summed E-state index contributed by atoms with van der Waals surface area (Å²) in [5, 5.41) is 30.8. The Bertz CT molecular complexity index is 2320. The third-order valence-corrected chi connectivity index (χ3v) is 11.5. The number of hydrogen-bond acceptors (Lipinski definition) is 9. The summed E-state index contributed by atoms with van der Waals surface area (Å²) in [4.78, 5) is 63.7. The first-order chi connectivity index (χ1) is 26.3. The highest BCUT2D eigenvalue weighted by Gasteiger charge is 2.31. The fourth-order valence-corrected chi connectivity index (χ4v) is 7.70. The first kappa shape index (κ1) is 41.5. The molecule has 5 rings (SSSR count). The molecule has 0 aliphatic heterocycles. The first-order valence-corrected chi connectivity index (χ1v) is 18.8. The van der Waals surface area contributed by atoms with Crippen LogP contribution in [0.2, 0.25) is 0 Å². The van der Waals surface area contributed by atoms with E-state index < -0.39 is 29.8 Å². The molecule has 12 heteroatoms. The highest BCUT2D eigenvalue weighted by Crippen LogP contribution is 2.40. The van der Waals surface area contributed by atoms with Gasteiger partial charge in [-0.25, -0.2) is 14.4 Å². The van der Waals surface area contributed by atoms with Gasteiger partial charge in [0.2, 0.25) is 0 Å². The van der Waals surface area contributed by atoms with Crippen molar-refractivity contribution in [2.24, 2.45) is 11.8 Å². The van der Waals surface area contributed by atoms with Crippen molar-refractivity contribution in [3.8, 4) is 29.1 Å². The molecule has 0 spiro atoms. The van der Waals surface area contributed by atoms with Gasteiger partial charge in [0.05, 0.1) is 27.8 Å². The van der Waals surface area contributed by atoms with E-state index in [0.29, 0.717) is 61.2 Å². The molecular weight excluding hydrogens is 784 g/mol. The minimum absolute atomic E-state index is 0.0133. The average Bonchev–Trinajstić information content (AvgIpc) is 3.94. The number of aromatic hydroxyl groups is 1. The number of ketones is 1. The van der Waals surface area contributed by atoms with Crippen molar-refractivity contribution in [3.63, 3.8) is 0 Å². The van der Waals surface area contributed by atoms with E-state index in [1.807, 2.05) is 0 Å². The lowest BCUT2D eigenvalue weighted by molar-refractivity contribution is -0.140. The Morgan fingerprint density at radius 2 is 1.38 bits per heavy atom. The number of carboxylic acid groups (broad SMARTS) is 2. The number of hydrogen-bond donors (Lipinski definition) is 3. The van der Waals surface area contributed by atoms with E-state index in [4.69, 9.17) is 14.2 Å². The van der Waals surface area contributed by atoms with Crippen LogP contribution in [0.25, 0.3) is 0 Å². The Labute approximate surface area is 333 Å². The molecule has 2 aliphatic carbocycles. The monoisotopic (exact) mass is 826 g/mol. The van der Waals surface area contributed by atoms with Crippen LogP contribution in [0.15, 0.2) is 34.0 Å². The molecule has 0 heterocycles. The van der Waals surface area contributed by atoms with Gasteiger partial charge in [0.15, 0.2) is 5.78 Å². The van der Waals surface area contributed by atoms with Gasteiger partial charge in [0.25, 0.3) is 0 Å². The van der Waals surface area contributed by atoms with Gasteiger partial charge in [-0.2, -0.15) is 0 Å². The fraction of sp³-hybridized carbons (Fsp3) is 0.341. The molecule has 3 N–H and O–H groups in total. The van der Waals surface area contributed by atoms with E-state index in [9.17, 15) is 39.3 Å². The van der Waals surface area contributed by atoms with Gasteiger partial charge in [-0.15, -0.1) is 0 Å². The Morgan fingerprint density at radius 1 is 0.786 bits per heavy atom. The van der Waals surface area contributed by atoms with Gasteiger partial charge >= 0.3 is 23.9 Å². The van der Waals surface area contributed by atoms with E-state index >= 15 is 0 Å². The highest BCUT2D eigenvalue weighted by molar-refractivity contribution is 9.10. The molecule has 0 saturated heterocycles. The second kappa shape index (κ2) is 16.2. The summed E-state index contributed by atoms with van der Waals surface area (Å²) in [6.45, 7) is 15.1. The number of ether oxygens (including phenoxy) is 3. The number of halogens is 1. The Balaban J connectivity index is 1.45. The molecule has 0 aromatic heterocycles. The number of carboxylic acids is 2. The molecule has 11 nitrogen and oxygen atoms in total. The molecule has 1 saturated carbocycles. The van der Waals surface area contributed by atoms with Crippen molar-refractivity contribution >= 4 is 45.6 Å². The van der Waals surface area contributed by atoms with Gasteiger partial charge in [-0.05, 0) is 159 Å². The second-order valence-electron chi connectivity index (χ2n) is 14.4. The molecule has 292 valence electrons. The predicted molar refractivity (Wildman–Crippen MR) is 211 cm³/mol. The maximum absolute atomic E-state index is 13.9. The predicted octanol–water partition coefficient (Wildman–Crippen LogP) is 8.19. The standard InChI is InChI=1S/C44H43BrO11/c1-19-16-29(46)18-33(35(19)41(48)49)54-15-14-31-21(3)22(4)37(39(47)38(31)45)44(53)55-32-17-20(2)34(27(9)30(32)13-12-28-10-11-28)43(52)56-40-25(7)23(5)36(42(50)51)24(6)26(40)8/h16-18,28,35,47H,10-11,14-15H2,1-9H3,(H,48,49)(H,50,51). The van der Waals surface area contributed by atoms with Gasteiger partial charge in [0, 0.05) is 18.4 Å². The van der Waals surface area contributed by atoms with Crippen molar-refractivity contribution in [1.82, 2.24) is 0 Å². The van der Waals surface area contributed by atoms with Crippen LogP contribution < -0.4 is 9.47 Å². The zero-order chi connectivity index (χ0) is 41.5. The summed E-state index contributed by atoms with van der Waals surface area (Å²) >= 11 is 3.43. The van der Waals surface area contributed by atoms with Crippen LogP contribution in [-0.2, 0) is 20.7 Å². The molecule has 3 aromatic carbocycles. The lowest BCUT2D eigenvalue weighted by atomic mass is 9.92. The Hall–Kier alpha value is -5.67. The third kappa shape index (κ3) is 8.00. The van der Waals surface area contributed by atoms with Crippen molar-refractivity contribution in [1.29, 1.82) is 0 Å². The van der Waals surface area contributed by atoms with Gasteiger partial charge in [0.1, 0.15) is 34.5 Å². The Morgan fingerprint density at radius 3 is 1.95 bits per heavy atom. The zero-order valence-corrected chi connectivity index (χ0v) is 34.3. The van der Waals surface area contributed by atoms with Gasteiger partial charge in [-0.1, -0.05) is 11.8 Å². The number of allylic oxidation sites excluding steroid dienone is 2. The largest absolute Gasteiger partial charge is 0.506 e. The summed E-state index contributed by atoms with van der Waals surface area (Å²) in [7, 11) is 0. The van der Waals surface area contributed by atoms with Crippen LogP contribution in [-0.4, -0.2) is 51.6 Å². The smallest absolute Gasteiger partial charge is 0.347 e. The van der Waals surface area contributed by atoms with E-state index in [-0.39, 0.29) is 68.9 Å². The van der Waals surface area contributed by atoms with Crippen molar-refractivity contribution in [2.75, 3.05) is 6.61 Å². The lowest BCUT2D eigenvalue weighted by Crippen LogP contribution is -2.24. The molecule has 1 fully saturated rings. The number of aryl methyl sites for hydroxylation is 1. The maximum Gasteiger partial charge on any atom is 0.347 e. The lowest BCUT2D eigenvalue weighted by Gasteiger charge is -2.22. The number of phenols is 1. The molecule has 0 radical (unpaired) electrons. The number of carbonyl (C=O) groups is 5. The summed E-state index contributed by atoms with van der Waals surface area (Å²) in [5.41, 5.74) is 5.57. The molecule has 3 aromatic rings. The van der Waals surface area contributed by atoms with Crippen LogP contribution in [0, 0.1) is 79.1 Å². The minimum Gasteiger partial charge on any atom is -0.506 e. The number of aromatic carboxylic acids is 1. The average molecular weight is 828 g/mol. The molecule has 0 bridgehead atoms. The summed E-state index contributed by atoms with van der Waals surface area (Å²) in [5.74, 6) is 1.29. The quantitative estimate of drug-likeness (QED) is 0.102. The van der Waals surface area contributed by atoms with Crippen LogP contribution >= 0.6 is 15.9 Å². The molecule has 1 unspecified atom stereocenters. The van der Waals surface area contributed by atoms with E-state index in [1.54, 1.807) is 62.3 Å². The number of phenolic OH excluding ortho intramolecular Hbond substituents is 1. The third-order valence-electron chi connectivity index (χ3n) is 10.7. The van der Waals surface area contributed by atoms with Crippen LogP contribution in [0.4, 0.5) is 0 Å². The Kier molecular flexibility index (Phi) is 12.0. The van der Waals surface area contributed by atoms with E-state index in [0.717, 1.165) is 18.9 Å². The highest BCUT2D eigenvalue weighted by atomic mass is 79.9.